The molecule has 0 atom stereocenters. The lowest BCUT2D eigenvalue weighted by Crippen LogP contribution is -2.25. The first-order valence-electron chi connectivity index (χ1n) is 11.9. The molecule has 0 aliphatic carbocycles. The van der Waals surface area contributed by atoms with Gasteiger partial charge in [0.2, 0.25) is 5.82 Å². The van der Waals surface area contributed by atoms with Crippen molar-refractivity contribution in [1.82, 2.24) is 4.57 Å². The van der Waals surface area contributed by atoms with Crippen LogP contribution in [0, 0.1) is 29.1 Å². The predicted octanol–water partition coefficient (Wildman–Crippen LogP) is 7.34. The van der Waals surface area contributed by atoms with E-state index in [2.05, 4.69) is 5.10 Å². The molecular formula is C30H18F5N3O. The highest BCUT2D eigenvalue weighted by Gasteiger charge is 2.37. The lowest BCUT2D eigenvalue weighted by atomic mass is 10.0. The number of amides is 1. The largest absolute Gasteiger partial charge is 0.342 e. The van der Waals surface area contributed by atoms with Crippen molar-refractivity contribution >= 4 is 45.1 Å². The monoisotopic (exact) mass is 531 g/mol. The highest BCUT2D eigenvalue weighted by Crippen LogP contribution is 2.35. The highest BCUT2D eigenvalue weighted by atomic mass is 19.2. The van der Waals surface area contributed by atoms with Crippen LogP contribution in [0.15, 0.2) is 83.6 Å². The first-order chi connectivity index (χ1) is 18.8. The van der Waals surface area contributed by atoms with Crippen LogP contribution in [-0.2, 0) is 11.3 Å². The summed E-state index contributed by atoms with van der Waals surface area (Å²) in [4.78, 5) is 13.2. The number of hydrogen-bond acceptors (Lipinski definition) is 2. The second-order valence-electron chi connectivity index (χ2n) is 9.15. The molecule has 4 aromatic carbocycles. The van der Waals surface area contributed by atoms with Gasteiger partial charge in [0.1, 0.15) is 5.69 Å². The lowest BCUT2D eigenvalue weighted by Gasteiger charge is -2.15. The number of rotatable bonds is 4. The number of carbonyl (C=O) groups excluding carboxylic acids is 1. The number of fused-ring (bicyclic) bond motifs is 2. The normalized spacial score (nSPS) is 14.7. The van der Waals surface area contributed by atoms with E-state index >= 15 is 0 Å². The fourth-order valence-corrected chi connectivity index (χ4v) is 4.91. The Morgan fingerprint density at radius 1 is 0.769 bits per heavy atom. The number of halogens is 5. The molecule has 0 fully saturated rings. The van der Waals surface area contributed by atoms with Gasteiger partial charge in [0.15, 0.2) is 23.3 Å². The van der Waals surface area contributed by atoms with E-state index in [1.54, 1.807) is 0 Å². The SMILES string of the molecule is CC1=NN(c2c(F)c(F)c(F)c(F)c2F)C(=O)/C1=C\c1cn(Cc2cccc3ccccc23)c2ccccc12. The first kappa shape index (κ1) is 24.5. The Balaban J connectivity index is 1.43. The molecule has 1 aliphatic rings. The third kappa shape index (κ3) is 3.89. The number of anilines is 1. The number of para-hydroxylation sites is 1. The molecule has 1 amide bonds. The van der Waals surface area contributed by atoms with E-state index in [1.165, 1.54) is 13.0 Å². The molecule has 39 heavy (non-hydrogen) atoms. The zero-order valence-corrected chi connectivity index (χ0v) is 20.4. The maximum absolute atomic E-state index is 14.4. The van der Waals surface area contributed by atoms with Crippen molar-refractivity contribution in [3.8, 4) is 0 Å². The van der Waals surface area contributed by atoms with Crippen molar-refractivity contribution in [2.24, 2.45) is 5.10 Å². The van der Waals surface area contributed by atoms with E-state index in [0.29, 0.717) is 12.1 Å². The second-order valence-corrected chi connectivity index (χ2v) is 9.15. The third-order valence-corrected chi connectivity index (χ3v) is 6.80. The Labute approximate surface area is 218 Å². The zero-order chi connectivity index (χ0) is 27.4. The minimum absolute atomic E-state index is 0.0352. The van der Waals surface area contributed by atoms with Crippen molar-refractivity contribution in [2.75, 3.05) is 5.01 Å². The number of aromatic nitrogens is 1. The van der Waals surface area contributed by atoms with Gasteiger partial charge < -0.3 is 4.57 Å². The van der Waals surface area contributed by atoms with Gasteiger partial charge in [0.25, 0.3) is 5.91 Å². The Hall–Kier alpha value is -4.79. The lowest BCUT2D eigenvalue weighted by molar-refractivity contribution is -0.114. The van der Waals surface area contributed by atoms with Gasteiger partial charge in [-0.15, -0.1) is 0 Å². The molecule has 6 rings (SSSR count). The summed E-state index contributed by atoms with van der Waals surface area (Å²) in [7, 11) is 0. The smallest absolute Gasteiger partial charge is 0.280 e. The summed E-state index contributed by atoms with van der Waals surface area (Å²) in [5.41, 5.74) is 1.21. The van der Waals surface area contributed by atoms with E-state index in [-0.39, 0.29) is 16.3 Å². The minimum atomic E-state index is -2.31. The van der Waals surface area contributed by atoms with Crippen molar-refractivity contribution in [2.45, 2.75) is 13.5 Å². The van der Waals surface area contributed by atoms with Crippen LogP contribution < -0.4 is 5.01 Å². The van der Waals surface area contributed by atoms with Gasteiger partial charge in [0.05, 0.1) is 11.3 Å². The van der Waals surface area contributed by atoms with Gasteiger partial charge in [-0.25, -0.2) is 22.0 Å². The van der Waals surface area contributed by atoms with Crippen molar-refractivity contribution < 1.29 is 26.7 Å². The van der Waals surface area contributed by atoms with Crippen molar-refractivity contribution in [1.29, 1.82) is 0 Å². The van der Waals surface area contributed by atoms with E-state index in [1.807, 2.05) is 77.5 Å². The molecule has 0 bridgehead atoms. The molecule has 194 valence electrons. The number of hydrazone groups is 1. The Morgan fingerprint density at radius 3 is 2.13 bits per heavy atom. The number of nitrogens with zero attached hydrogens (tertiary/aromatic N) is 3. The summed E-state index contributed by atoms with van der Waals surface area (Å²) in [6.45, 7) is 1.95. The maximum Gasteiger partial charge on any atom is 0.280 e. The Bertz CT molecular complexity index is 1850. The number of hydrogen-bond donors (Lipinski definition) is 0. The summed E-state index contributed by atoms with van der Waals surface area (Å²) in [6.07, 6.45) is 3.36. The number of benzene rings is 4. The van der Waals surface area contributed by atoms with Crippen molar-refractivity contribution in [3.05, 3.63) is 119 Å². The fraction of sp³-hybridized carbons (Fsp3) is 0.0667. The van der Waals surface area contributed by atoms with Crippen LogP contribution >= 0.6 is 0 Å². The summed E-state index contributed by atoms with van der Waals surface area (Å²) in [6, 6.07) is 21.6. The highest BCUT2D eigenvalue weighted by molar-refractivity contribution is 6.32. The average molecular weight is 531 g/mol. The van der Waals surface area contributed by atoms with E-state index < -0.39 is 40.7 Å². The van der Waals surface area contributed by atoms with Crippen LogP contribution in [0.4, 0.5) is 27.6 Å². The van der Waals surface area contributed by atoms with Crippen LogP contribution in [0.5, 0.6) is 0 Å². The van der Waals surface area contributed by atoms with E-state index in [9.17, 15) is 26.7 Å². The number of carbonyl (C=O) groups is 1. The van der Waals surface area contributed by atoms with Crippen LogP contribution in [0.3, 0.4) is 0 Å². The molecule has 9 heteroatoms. The van der Waals surface area contributed by atoms with Crippen LogP contribution in [-0.4, -0.2) is 16.2 Å². The molecule has 1 aromatic heterocycles. The standard InChI is InChI=1S/C30H18F5N3O/c1-16-22(30(39)38(36-16)29-27(34)25(32)24(31)26(33)28(29)35)13-19-15-37(23-12-5-4-11-21(19)23)14-18-9-6-8-17-7-2-3-10-20(17)18/h2-13,15H,14H2,1H3/b22-13-. The molecule has 0 saturated heterocycles. The minimum Gasteiger partial charge on any atom is -0.342 e. The molecule has 4 nitrogen and oxygen atoms in total. The first-order valence-corrected chi connectivity index (χ1v) is 11.9. The summed E-state index contributed by atoms with van der Waals surface area (Å²) in [5, 5.41) is 7.05. The average Bonchev–Trinajstić information content (AvgIpc) is 3.43. The van der Waals surface area contributed by atoms with Gasteiger partial charge in [0, 0.05) is 29.2 Å². The van der Waals surface area contributed by atoms with Gasteiger partial charge >= 0.3 is 0 Å². The van der Waals surface area contributed by atoms with Gasteiger partial charge in [-0.1, -0.05) is 60.7 Å². The Kier molecular flexibility index (Phi) is 5.79. The summed E-state index contributed by atoms with van der Waals surface area (Å²) in [5.74, 6) is -11.9. The maximum atomic E-state index is 14.4. The van der Waals surface area contributed by atoms with E-state index in [4.69, 9.17) is 0 Å². The quantitative estimate of drug-likeness (QED) is 0.103. The van der Waals surface area contributed by atoms with Crippen LogP contribution in [0.25, 0.3) is 27.8 Å². The van der Waals surface area contributed by atoms with Crippen LogP contribution in [0.2, 0.25) is 0 Å². The van der Waals surface area contributed by atoms with Gasteiger partial charge in [-0.3, -0.25) is 4.79 Å². The molecule has 1 aliphatic heterocycles. The fourth-order valence-electron chi connectivity index (χ4n) is 4.91. The predicted molar refractivity (Wildman–Crippen MR) is 140 cm³/mol. The van der Waals surface area contributed by atoms with Crippen LogP contribution in [0.1, 0.15) is 18.1 Å². The molecule has 0 radical (unpaired) electrons. The molecule has 0 unspecified atom stereocenters. The second kappa shape index (κ2) is 9.20. The topological polar surface area (TPSA) is 37.6 Å². The molecule has 0 N–H and O–H groups in total. The summed E-state index contributed by atoms with van der Waals surface area (Å²) >= 11 is 0. The van der Waals surface area contributed by atoms with E-state index in [0.717, 1.165) is 27.2 Å². The van der Waals surface area contributed by atoms with Gasteiger partial charge in [-0.2, -0.15) is 10.1 Å². The Morgan fingerprint density at radius 2 is 1.38 bits per heavy atom. The molecule has 5 aromatic rings. The molecular weight excluding hydrogens is 513 g/mol. The van der Waals surface area contributed by atoms with Gasteiger partial charge in [-0.05, 0) is 35.4 Å². The molecule has 0 saturated carbocycles. The zero-order valence-electron chi connectivity index (χ0n) is 20.4. The van der Waals surface area contributed by atoms with Crippen molar-refractivity contribution in [3.63, 3.8) is 0 Å². The summed E-state index contributed by atoms with van der Waals surface area (Å²) < 4.78 is 72.0. The molecule has 2 heterocycles. The third-order valence-electron chi connectivity index (χ3n) is 6.80. The molecule has 0 spiro atoms.